The lowest BCUT2D eigenvalue weighted by Crippen LogP contribution is -2.35. The van der Waals surface area contributed by atoms with Crippen LogP contribution in [0.15, 0.2) is 30.3 Å². The molecule has 0 aromatic heterocycles. The first-order valence-corrected chi connectivity index (χ1v) is 9.71. The van der Waals surface area contributed by atoms with E-state index in [-0.39, 0.29) is 0 Å². The van der Waals surface area contributed by atoms with Crippen molar-refractivity contribution >= 4 is 13.5 Å². The standard InChI is InChI=1S/C16H26NO4P/c1-5-14(6-2)12-20-16(18)13(3)17-22(4,19)21-15-10-8-7-9-11-15/h7-11,13-14H,5-6,12H2,1-4H3,(H,17,19)/t13-,22-/m0/s1. The van der Waals surface area contributed by atoms with Gasteiger partial charge in [-0.2, -0.15) is 0 Å². The molecule has 1 aromatic rings. The Labute approximate surface area is 132 Å². The highest BCUT2D eigenvalue weighted by atomic mass is 31.2. The molecule has 0 amide bonds. The lowest BCUT2D eigenvalue weighted by atomic mass is 10.1. The van der Waals surface area contributed by atoms with Gasteiger partial charge in [0, 0.05) is 6.66 Å². The van der Waals surface area contributed by atoms with Crippen molar-refractivity contribution in [1.29, 1.82) is 0 Å². The van der Waals surface area contributed by atoms with Gasteiger partial charge >= 0.3 is 13.5 Å². The molecule has 124 valence electrons. The van der Waals surface area contributed by atoms with Crippen LogP contribution in [-0.2, 0) is 14.1 Å². The van der Waals surface area contributed by atoms with Gasteiger partial charge in [-0.15, -0.1) is 0 Å². The van der Waals surface area contributed by atoms with Gasteiger partial charge in [-0.25, -0.2) is 5.09 Å². The first-order chi connectivity index (χ1) is 10.4. The van der Waals surface area contributed by atoms with E-state index < -0.39 is 19.5 Å². The minimum absolute atomic E-state index is 0.366. The number of esters is 1. The highest BCUT2D eigenvalue weighted by molar-refractivity contribution is 7.56. The minimum Gasteiger partial charge on any atom is -0.464 e. The highest BCUT2D eigenvalue weighted by Crippen LogP contribution is 2.39. The molecule has 0 aliphatic heterocycles. The van der Waals surface area contributed by atoms with Crippen LogP contribution in [0.2, 0.25) is 0 Å². The van der Waals surface area contributed by atoms with Crippen LogP contribution in [0, 0.1) is 5.92 Å². The molecular weight excluding hydrogens is 301 g/mol. The van der Waals surface area contributed by atoms with Crippen molar-refractivity contribution in [3.05, 3.63) is 30.3 Å². The summed E-state index contributed by atoms with van der Waals surface area (Å²) < 4.78 is 23.1. The molecule has 0 fully saturated rings. The van der Waals surface area contributed by atoms with E-state index in [1.807, 2.05) is 6.07 Å². The molecule has 0 saturated heterocycles. The van der Waals surface area contributed by atoms with Crippen molar-refractivity contribution in [3.8, 4) is 5.75 Å². The average molecular weight is 327 g/mol. The molecular formula is C16H26NO4P. The molecule has 5 nitrogen and oxygen atoms in total. The number of carbonyl (C=O) groups is 1. The first kappa shape index (κ1) is 18.7. The third-order valence-corrected chi connectivity index (χ3v) is 4.84. The van der Waals surface area contributed by atoms with E-state index in [1.165, 1.54) is 6.66 Å². The van der Waals surface area contributed by atoms with E-state index in [9.17, 15) is 9.36 Å². The normalized spacial score (nSPS) is 15.1. The topological polar surface area (TPSA) is 64.6 Å². The fraction of sp³-hybridized carbons (Fsp3) is 0.562. The van der Waals surface area contributed by atoms with Crippen LogP contribution < -0.4 is 9.61 Å². The van der Waals surface area contributed by atoms with Gasteiger partial charge in [0.25, 0.3) is 0 Å². The zero-order valence-corrected chi connectivity index (χ0v) is 14.6. The molecule has 0 bridgehead atoms. The summed E-state index contributed by atoms with van der Waals surface area (Å²) in [6, 6.07) is 8.18. The van der Waals surface area contributed by atoms with Crippen molar-refractivity contribution in [3.63, 3.8) is 0 Å². The van der Waals surface area contributed by atoms with E-state index in [1.54, 1.807) is 31.2 Å². The zero-order valence-electron chi connectivity index (χ0n) is 13.7. The Balaban J connectivity index is 2.50. The van der Waals surface area contributed by atoms with Gasteiger partial charge in [0.1, 0.15) is 11.8 Å². The lowest BCUT2D eigenvalue weighted by molar-refractivity contribution is -0.146. The number of carbonyl (C=O) groups excluding carboxylic acids is 1. The van der Waals surface area contributed by atoms with Gasteiger partial charge in [-0.1, -0.05) is 44.9 Å². The number of ether oxygens (including phenoxy) is 1. The largest absolute Gasteiger partial charge is 0.464 e. The Morgan fingerprint density at radius 1 is 1.23 bits per heavy atom. The van der Waals surface area contributed by atoms with Gasteiger partial charge in [-0.05, 0) is 25.0 Å². The molecule has 0 heterocycles. The predicted octanol–water partition coefficient (Wildman–Crippen LogP) is 3.85. The molecule has 2 atom stereocenters. The Hall–Kier alpha value is -1.32. The van der Waals surface area contributed by atoms with Crippen LogP contribution in [0.5, 0.6) is 5.75 Å². The summed E-state index contributed by atoms with van der Waals surface area (Å²) in [5.41, 5.74) is 0. The monoisotopic (exact) mass is 327 g/mol. The third kappa shape index (κ3) is 6.63. The quantitative estimate of drug-likeness (QED) is 0.551. The molecule has 0 radical (unpaired) electrons. The number of benzene rings is 1. The second kappa shape index (κ2) is 8.96. The zero-order chi connectivity index (χ0) is 16.6. The summed E-state index contributed by atoms with van der Waals surface area (Å²) in [5, 5.41) is 2.72. The van der Waals surface area contributed by atoms with Gasteiger partial charge in [0.15, 0.2) is 0 Å². The second-order valence-electron chi connectivity index (χ2n) is 5.41. The van der Waals surface area contributed by atoms with E-state index in [0.29, 0.717) is 18.3 Å². The lowest BCUT2D eigenvalue weighted by Gasteiger charge is -2.21. The molecule has 1 N–H and O–H groups in total. The van der Waals surface area contributed by atoms with Crippen LogP contribution >= 0.6 is 7.52 Å². The fourth-order valence-corrected chi connectivity index (χ4v) is 3.35. The Bertz CT molecular complexity index is 502. The number of hydrogen-bond acceptors (Lipinski definition) is 4. The summed E-state index contributed by atoms with van der Waals surface area (Å²) in [4.78, 5) is 11.9. The summed E-state index contributed by atoms with van der Waals surface area (Å²) in [6.45, 7) is 7.60. The average Bonchev–Trinajstić information content (AvgIpc) is 2.48. The summed E-state index contributed by atoms with van der Waals surface area (Å²) in [5.74, 6) is 0.453. The summed E-state index contributed by atoms with van der Waals surface area (Å²) in [6.07, 6.45) is 1.93. The van der Waals surface area contributed by atoms with Crippen molar-refractivity contribution in [2.45, 2.75) is 39.7 Å². The van der Waals surface area contributed by atoms with Crippen LogP contribution in [0.4, 0.5) is 0 Å². The number of hydrogen-bond donors (Lipinski definition) is 1. The van der Waals surface area contributed by atoms with Crippen LogP contribution in [0.1, 0.15) is 33.6 Å². The maximum Gasteiger partial charge on any atom is 0.323 e. The van der Waals surface area contributed by atoms with Crippen molar-refractivity contribution in [2.75, 3.05) is 13.3 Å². The number of para-hydroxylation sites is 1. The number of rotatable bonds is 9. The number of nitrogens with one attached hydrogen (secondary N) is 1. The van der Waals surface area contributed by atoms with E-state index in [4.69, 9.17) is 9.26 Å². The summed E-state index contributed by atoms with van der Waals surface area (Å²) in [7, 11) is -3.14. The molecule has 6 heteroatoms. The molecule has 0 saturated carbocycles. The van der Waals surface area contributed by atoms with Crippen LogP contribution in [0.3, 0.4) is 0 Å². The molecule has 0 aliphatic carbocycles. The Morgan fingerprint density at radius 2 is 1.82 bits per heavy atom. The Kier molecular flexibility index (Phi) is 7.63. The smallest absolute Gasteiger partial charge is 0.323 e. The first-order valence-electron chi connectivity index (χ1n) is 7.64. The van der Waals surface area contributed by atoms with Crippen LogP contribution in [0.25, 0.3) is 0 Å². The van der Waals surface area contributed by atoms with E-state index in [2.05, 4.69) is 18.9 Å². The minimum atomic E-state index is -3.14. The Morgan fingerprint density at radius 3 is 2.36 bits per heavy atom. The van der Waals surface area contributed by atoms with Crippen molar-refractivity contribution in [2.24, 2.45) is 5.92 Å². The van der Waals surface area contributed by atoms with Gasteiger partial charge in [0.05, 0.1) is 6.61 Å². The molecule has 1 rings (SSSR count). The molecule has 0 spiro atoms. The fourth-order valence-electron chi connectivity index (χ4n) is 1.96. The molecule has 22 heavy (non-hydrogen) atoms. The van der Waals surface area contributed by atoms with E-state index in [0.717, 1.165) is 12.8 Å². The molecule has 0 aliphatic rings. The van der Waals surface area contributed by atoms with Gasteiger partial charge in [0.2, 0.25) is 0 Å². The summed E-state index contributed by atoms with van der Waals surface area (Å²) >= 11 is 0. The maximum absolute atomic E-state index is 12.4. The van der Waals surface area contributed by atoms with Crippen molar-refractivity contribution in [1.82, 2.24) is 5.09 Å². The predicted molar refractivity (Wildman–Crippen MR) is 88.2 cm³/mol. The van der Waals surface area contributed by atoms with Crippen molar-refractivity contribution < 1.29 is 18.6 Å². The van der Waals surface area contributed by atoms with Gasteiger partial charge < -0.3 is 9.26 Å². The molecule has 0 unspecified atom stereocenters. The third-order valence-electron chi connectivity index (χ3n) is 3.42. The maximum atomic E-state index is 12.4. The molecule has 1 aromatic carbocycles. The van der Waals surface area contributed by atoms with Crippen LogP contribution in [-0.4, -0.2) is 25.3 Å². The second-order valence-corrected chi connectivity index (χ2v) is 7.55. The van der Waals surface area contributed by atoms with Gasteiger partial charge in [-0.3, -0.25) is 9.36 Å². The highest BCUT2D eigenvalue weighted by Gasteiger charge is 2.25. The SMILES string of the molecule is CCC(CC)COC(=O)[C@H](C)N[P@@](C)(=O)Oc1ccccc1. The van der Waals surface area contributed by atoms with E-state index >= 15 is 0 Å².